The van der Waals surface area contributed by atoms with Crippen LogP contribution in [0, 0.1) is 0 Å². The van der Waals surface area contributed by atoms with E-state index >= 15 is 0 Å². The molecule has 0 fully saturated rings. The topological polar surface area (TPSA) is 44.0 Å². The summed E-state index contributed by atoms with van der Waals surface area (Å²) in [5.41, 5.74) is 1.32. The number of rotatable bonds is 2. The molecule has 0 aromatic carbocycles. The average Bonchev–Trinajstić information content (AvgIpc) is 2.61. The van der Waals surface area contributed by atoms with Crippen LogP contribution in [-0.4, -0.2) is 9.13 Å². The SMILES string of the molecule is C.C.CC.CC.CC(C)c1ccc(=O)n(C)c1.CC(C)n1ccc(=O)cc1. The van der Waals surface area contributed by atoms with Crippen LogP contribution in [0.5, 0.6) is 0 Å². The highest BCUT2D eigenvalue weighted by atomic mass is 16.1. The lowest BCUT2D eigenvalue weighted by Crippen LogP contribution is -2.15. The van der Waals surface area contributed by atoms with Crippen molar-refractivity contribution in [2.75, 3.05) is 0 Å². The van der Waals surface area contributed by atoms with E-state index in [-0.39, 0.29) is 25.8 Å². The molecule has 158 valence electrons. The van der Waals surface area contributed by atoms with Crippen molar-refractivity contribution >= 4 is 0 Å². The van der Waals surface area contributed by atoms with E-state index in [2.05, 4.69) is 27.7 Å². The molecule has 27 heavy (non-hydrogen) atoms. The van der Waals surface area contributed by atoms with Gasteiger partial charge in [-0.1, -0.05) is 62.5 Å². The number of nitrogens with zero attached hydrogens (tertiary/aromatic N) is 2. The maximum atomic E-state index is 11.0. The van der Waals surface area contributed by atoms with Gasteiger partial charge in [0.2, 0.25) is 5.56 Å². The molecule has 0 atom stereocenters. The van der Waals surface area contributed by atoms with E-state index in [4.69, 9.17) is 0 Å². The molecule has 0 spiro atoms. The van der Waals surface area contributed by atoms with Crippen LogP contribution in [0.15, 0.2) is 52.4 Å². The Labute approximate surface area is 167 Å². The van der Waals surface area contributed by atoms with Gasteiger partial charge in [-0.3, -0.25) is 9.59 Å². The number of aromatic nitrogens is 2. The smallest absolute Gasteiger partial charge is 0.250 e. The van der Waals surface area contributed by atoms with E-state index in [9.17, 15) is 9.59 Å². The Kier molecular flexibility index (Phi) is 22.5. The van der Waals surface area contributed by atoms with Gasteiger partial charge in [-0.05, 0) is 25.3 Å². The fourth-order valence-electron chi connectivity index (χ4n) is 1.73. The minimum atomic E-state index is 0. The van der Waals surface area contributed by atoms with Gasteiger partial charge in [-0.2, -0.15) is 0 Å². The first kappa shape index (κ1) is 32.6. The second-order valence-corrected chi connectivity index (χ2v) is 5.64. The van der Waals surface area contributed by atoms with Crippen molar-refractivity contribution in [3.05, 3.63) is 69.0 Å². The van der Waals surface area contributed by atoms with Gasteiger partial charge in [0, 0.05) is 49.9 Å². The predicted molar refractivity (Wildman–Crippen MR) is 123 cm³/mol. The van der Waals surface area contributed by atoms with Crippen molar-refractivity contribution in [1.29, 1.82) is 0 Å². The van der Waals surface area contributed by atoms with Crippen LogP contribution in [0.4, 0.5) is 0 Å². The fourth-order valence-corrected chi connectivity index (χ4v) is 1.73. The molecular formula is C23H44N2O2. The second-order valence-electron chi connectivity index (χ2n) is 5.64. The summed E-state index contributed by atoms with van der Waals surface area (Å²) >= 11 is 0. The van der Waals surface area contributed by atoms with Crippen LogP contribution < -0.4 is 11.0 Å². The Morgan fingerprint density at radius 2 is 1.22 bits per heavy atom. The lowest BCUT2D eigenvalue weighted by atomic mass is 10.1. The molecule has 4 heteroatoms. The zero-order valence-electron chi connectivity index (χ0n) is 17.4. The number of hydrogen-bond acceptors (Lipinski definition) is 2. The van der Waals surface area contributed by atoms with E-state index in [1.54, 1.807) is 42.2 Å². The maximum Gasteiger partial charge on any atom is 0.250 e. The summed E-state index contributed by atoms with van der Waals surface area (Å²) in [5, 5.41) is 0. The molecule has 0 aliphatic heterocycles. The molecule has 0 radical (unpaired) electrons. The number of aryl methyl sites for hydroxylation is 1. The van der Waals surface area contributed by atoms with Gasteiger partial charge in [0.05, 0.1) is 0 Å². The highest BCUT2D eigenvalue weighted by molar-refractivity contribution is 5.13. The quantitative estimate of drug-likeness (QED) is 0.617. The molecule has 2 aromatic rings. The second kappa shape index (κ2) is 18.7. The van der Waals surface area contributed by atoms with Crippen LogP contribution in [0.3, 0.4) is 0 Å². The summed E-state index contributed by atoms with van der Waals surface area (Å²) in [7, 11) is 1.77. The van der Waals surface area contributed by atoms with Crippen molar-refractivity contribution < 1.29 is 0 Å². The number of pyridine rings is 2. The van der Waals surface area contributed by atoms with E-state index < -0.39 is 0 Å². The Bertz CT molecular complexity index is 663. The normalized spacial score (nSPS) is 8.56. The Hall–Kier alpha value is -2.10. The molecule has 0 saturated heterocycles. The summed E-state index contributed by atoms with van der Waals surface area (Å²) in [5.74, 6) is 0.488. The summed E-state index contributed by atoms with van der Waals surface area (Å²) in [6.07, 6.45) is 5.48. The van der Waals surface area contributed by atoms with Gasteiger partial charge >= 0.3 is 0 Å². The maximum absolute atomic E-state index is 11.0. The molecule has 0 amide bonds. The highest BCUT2D eigenvalue weighted by Crippen LogP contribution is 2.10. The van der Waals surface area contributed by atoms with Crippen molar-refractivity contribution in [3.8, 4) is 0 Å². The highest BCUT2D eigenvalue weighted by Gasteiger charge is 1.98. The molecule has 2 aromatic heterocycles. The number of hydrogen-bond donors (Lipinski definition) is 0. The zero-order chi connectivity index (χ0) is 20.0. The van der Waals surface area contributed by atoms with Crippen molar-refractivity contribution in [1.82, 2.24) is 9.13 Å². The third kappa shape index (κ3) is 13.7. The van der Waals surface area contributed by atoms with Crippen molar-refractivity contribution in [2.45, 2.75) is 82.2 Å². The zero-order valence-corrected chi connectivity index (χ0v) is 17.4. The minimum absolute atomic E-state index is 0. The molecule has 0 N–H and O–H groups in total. The summed E-state index contributed by atoms with van der Waals surface area (Å²) in [6, 6.07) is 7.06. The molecule has 0 saturated carbocycles. The fraction of sp³-hybridized carbons (Fsp3) is 0.565. The van der Waals surface area contributed by atoms with Gasteiger partial charge in [-0.25, -0.2) is 0 Å². The first-order chi connectivity index (χ1) is 11.8. The van der Waals surface area contributed by atoms with E-state index in [1.165, 1.54) is 5.56 Å². The molecule has 0 aliphatic carbocycles. The molecule has 2 rings (SSSR count). The minimum Gasteiger partial charge on any atom is -0.352 e. The summed E-state index contributed by atoms with van der Waals surface area (Å²) in [4.78, 5) is 21.6. The van der Waals surface area contributed by atoms with Gasteiger partial charge in [0.1, 0.15) is 0 Å². The monoisotopic (exact) mass is 380 g/mol. The third-order valence-corrected chi connectivity index (χ3v) is 3.19. The van der Waals surface area contributed by atoms with Crippen molar-refractivity contribution in [2.24, 2.45) is 7.05 Å². The van der Waals surface area contributed by atoms with Crippen LogP contribution >= 0.6 is 0 Å². The summed E-state index contributed by atoms with van der Waals surface area (Å²) in [6.45, 7) is 16.4. The molecule has 0 aliphatic rings. The average molecular weight is 381 g/mol. The standard InChI is InChI=1S/C9H13NO.C8H11NO.2C2H6.2CH4/c1-7(2)8-4-5-9(11)10(3)6-8;1-7(2)9-5-3-8(10)4-6-9;2*1-2;;/h4-7H,1-3H3;3-7H,1-2H3;2*1-2H3;2*1H4. The lowest BCUT2D eigenvalue weighted by Gasteiger charge is -2.07. The predicted octanol–water partition coefficient (Wildman–Crippen LogP) is 6.26. The van der Waals surface area contributed by atoms with Crippen molar-refractivity contribution in [3.63, 3.8) is 0 Å². The first-order valence-corrected chi connectivity index (χ1v) is 9.15. The van der Waals surface area contributed by atoms with Crippen LogP contribution in [0.2, 0.25) is 0 Å². The largest absolute Gasteiger partial charge is 0.352 e. The van der Waals surface area contributed by atoms with Crippen LogP contribution in [-0.2, 0) is 7.05 Å². The molecule has 2 heterocycles. The van der Waals surface area contributed by atoms with Crippen LogP contribution in [0.25, 0.3) is 0 Å². The van der Waals surface area contributed by atoms with Gasteiger partial charge in [0.25, 0.3) is 0 Å². The lowest BCUT2D eigenvalue weighted by molar-refractivity contribution is 0.595. The van der Waals surface area contributed by atoms with Gasteiger partial charge in [0.15, 0.2) is 5.43 Å². The van der Waals surface area contributed by atoms with Crippen LogP contribution in [0.1, 0.15) is 87.8 Å². The summed E-state index contributed by atoms with van der Waals surface area (Å²) < 4.78 is 3.59. The molecule has 0 bridgehead atoms. The third-order valence-electron chi connectivity index (χ3n) is 3.19. The Balaban J connectivity index is -0.000000156. The Morgan fingerprint density at radius 3 is 1.56 bits per heavy atom. The molecule has 4 nitrogen and oxygen atoms in total. The van der Waals surface area contributed by atoms with E-state index in [1.807, 2.05) is 44.5 Å². The van der Waals surface area contributed by atoms with Gasteiger partial charge in [-0.15, -0.1) is 0 Å². The molecule has 0 unspecified atom stereocenters. The van der Waals surface area contributed by atoms with E-state index in [0.29, 0.717) is 12.0 Å². The Morgan fingerprint density at radius 1 is 0.778 bits per heavy atom. The molecular weight excluding hydrogens is 336 g/mol. The first-order valence-electron chi connectivity index (χ1n) is 9.15. The van der Waals surface area contributed by atoms with E-state index in [0.717, 1.165) is 0 Å². The van der Waals surface area contributed by atoms with Gasteiger partial charge < -0.3 is 9.13 Å².